The predicted molar refractivity (Wildman–Crippen MR) is 380 cm³/mol. The molecule has 0 amide bonds. The van der Waals surface area contributed by atoms with Crippen LogP contribution in [0.25, 0.3) is 89.5 Å². The Morgan fingerprint density at radius 2 is 0.544 bits per heavy atom. The standard InChI is InChI=1S/2C22H24N.2C21H22N/c2*1-16(2)18-9-11-19(12-10-18)20-13-14-22(23(4)15-20)21-8-6-5-7-17(21)3;2*1-4-17-9-11-18(12-10-17)19-13-14-21(22(3)15-19)20-8-6-5-7-16(20)2/h2*5-16H,1-4H3;2*5-15H,4H2,1-3H3/q4*+1/i16D;;4D2;. The molecule has 452 valence electrons. The highest BCUT2D eigenvalue weighted by molar-refractivity contribution is 5.70. The zero-order valence-corrected chi connectivity index (χ0v) is 55.5. The molecule has 0 aliphatic carbocycles. The van der Waals surface area contributed by atoms with E-state index in [1.807, 2.05) is 38.1 Å². The van der Waals surface area contributed by atoms with E-state index in [1.54, 1.807) is 6.92 Å². The van der Waals surface area contributed by atoms with Crippen LogP contribution >= 0.6 is 0 Å². The quantitative estimate of drug-likeness (QED) is 0.108. The van der Waals surface area contributed by atoms with Gasteiger partial charge < -0.3 is 0 Å². The minimum absolute atomic E-state index is 0.558. The summed E-state index contributed by atoms with van der Waals surface area (Å²) in [6.07, 6.45) is 8.49. The molecular weight excluding hydrogens is 1090 g/mol. The van der Waals surface area contributed by atoms with E-state index in [2.05, 4.69) is 338 Å². The van der Waals surface area contributed by atoms with Gasteiger partial charge in [-0.25, -0.2) is 18.3 Å². The Balaban J connectivity index is 0.000000146. The zero-order valence-electron chi connectivity index (χ0n) is 58.5. The van der Waals surface area contributed by atoms with Crippen molar-refractivity contribution in [2.45, 2.75) is 93.8 Å². The summed E-state index contributed by atoms with van der Waals surface area (Å²) in [7, 11) is 8.39. The summed E-state index contributed by atoms with van der Waals surface area (Å²) in [5.41, 5.74) is 29.2. The van der Waals surface area contributed by atoms with Gasteiger partial charge in [-0.2, -0.15) is 0 Å². The average Bonchev–Trinajstić information content (AvgIpc) is 0.911. The molecule has 4 nitrogen and oxygen atoms in total. The molecule has 0 atom stereocenters. The third-order valence-corrected chi connectivity index (χ3v) is 17.1. The zero-order chi connectivity index (χ0) is 66.6. The topological polar surface area (TPSA) is 15.5 Å². The number of benzene rings is 8. The van der Waals surface area contributed by atoms with Crippen LogP contribution in [0.3, 0.4) is 0 Å². The molecule has 0 saturated carbocycles. The van der Waals surface area contributed by atoms with Crippen LogP contribution in [0.2, 0.25) is 0 Å². The van der Waals surface area contributed by atoms with E-state index in [9.17, 15) is 0 Å². The van der Waals surface area contributed by atoms with Crippen LogP contribution in [0.4, 0.5) is 0 Å². The molecule has 8 aromatic carbocycles. The smallest absolute Gasteiger partial charge is 0.200 e. The molecule has 0 spiro atoms. The largest absolute Gasteiger partial charge is 0.212 e. The van der Waals surface area contributed by atoms with Gasteiger partial charge in [0.05, 0.1) is 0 Å². The Morgan fingerprint density at radius 3 is 0.778 bits per heavy atom. The summed E-state index contributed by atoms with van der Waals surface area (Å²) in [5.74, 6) is 0.0151. The maximum atomic E-state index is 8.12. The lowest BCUT2D eigenvalue weighted by molar-refractivity contribution is -0.660. The first-order valence-electron chi connectivity index (χ1n) is 33.1. The van der Waals surface area contributed by atoms with E-state index in [1.165, 1.54) is 112 Å². The monoisotopic (exact) mass is 1180 g/mol. The SMILES string of the molecule is CCc1ccc(-c2ccc(-c3ccccc3C)[n+](C)c2)cc1.Cc1ccccc1-c1ccc(-c2ccc(C(C)C)cc2)c[n+]1C.[2H]C(C)(C)c1ccc(-c2ccc(-c3ccccc3C)[n+](C)c2)cc1.[2H]C([2H])(C)c1ccc(-c2ccc(-c3ccccc3C)[n+](C)c2)cc1. The number of pyridine rings is 4. The van der Waals surface area contributed by atoms with Crippen LogP contribution < -0.4 is 18.3 Å². The predicted octanol–water partition coefficient (Wildman–Crippen LogP) is 20.0. The van der Waals surface area contributed by atoms with Crippen LogP contribution in [-0.2, 0) is 41.0 Å². The van der Waals surface area contributed by atoms with E-state index in [4.69, 9.17) is 4.11 Å². The molecule has 0 aliphatic heterocycles. The Labute approximate surface area is 543 Å². The van der Waals surface area contributed by atoms with Gasteiger partial charge in [-0.3, -0.25) is 0 Å². The van der Waals surface area contributed by atoms with Gasteiger partial charge in [0.1, 0.15) is 28.2 Å². The van der Waals surface area contributed by atoms with Crippen LogP contribution in [0.1, 0.15) is 102 Å². The summed E-state index contributed by atoms with van der Waals surface area (Å²) >= 11 is 0. The first-order valence-corrected chi connectivity index (χ1v) is 31.6. The number of nitrogens with zero attached hydrogens (tertiary/aromatic N) is 4. The molecule has 0 radical (unpaired) electrons. The van der Waals surface area contributed by atoms with Gasteiger partial charge in [0, 0.05) is 72.9 Å². The fraction of sp³-hybridized carbons (Fsp3) is 0.209. The second-order valence-electron chi connectivity index (χ2n) is 24.1. The lowest BCUT2D eigenvalue weighted by atomic mass is 9.98. The summed E-state index contributed by atoms with van der Waals surface area (Å²) in [4.78, 5) is 0. The molecule has 12 aromatic rings. The fourth-order valence-corrected chi connectivity index (χ4v) is 11.5. The third-order valence-electron chi connectivity index (χ3n) is 17.1. The van der Waals surface area contributed by atoms with E-state index >= 15 is 0 Å². The van der Waals surface area contributed by atoms with Crippen molar-refractivity contribution in [2.24, 2.45) is 28.2 Å². The maximum Gasteiger partial charge on any atom is 0.212 e. The highest BCUT2D eigenvalue weighted by Crippen LogP contribution is 2.30. The minimum atomic E-state index is -1.31. The normalized spacial score (nSPS) is 11.6. The van der Waals surface area contributed by atoms with Crippen LogP contribution in [0.5, 0.6) is 0 Å². The lowest BCUT2D eigenvalue weighted by Crippen LogP contribution is -2.30. The van der Waals surface area contributed by atoms with Gasteiger partial charge in [0.2, 0.25) is 22.8 Å². The molecule has 0 bridgehead atoms. The number of hydrogen-bond acceptors (Lipinski definition) is 0. The van der Waals surface area contributed by atoms with Gasteiger partial charge in [-0.15, -0.1) is 0 Å². The Bertz CT molecular complexity index is 4330. The molecule has 0 fully saturated rings. The van der Waals surface area contributed by atoms with E-state index < -0.39 is 12.3 Å². The molecule has 0 N–H and O–H groups in total. The molecule has 0 unspecified atom stereocenters. The van der Waals surface area contributed by atoms with Crippen molar-refractivity contribution in [3.8, 4) is 89.5 Å². The van der Waals surface area contributed by atoms with Crippen molar-refractivity contribution in [3.63, 3.8) is 0 Å². The Kier molecular flexibility index (Phi) is 20.6. The summed E-state index contributed by atoms with van der Waals surface area (Å²) in [6, 6.07) is 85.1. The Morgan fingerprint density at radius 1 is 0.300 bits per heavy atom. The van der Waals surface area contributed by atoms with Gasteiger partial charge in [-0.1, -0.05) is 211 Å². The fourth-order valence-electron chi connectivity index (χ4n) is 11.5. The van der Waals surface area contributed by atoms with Crippen molar-refractivity contribution < 1.29 is 22.4 Å². The molecule has 0 aliphatic rings. The Hall–Kier alpha value is -9.64. The highest BCUT2D eigenvalue weighted by atomic mass is 14.9. The molecular formula is C86H92N4+4. The number of aromatic nitrogens is 4. The first kappa shape index (κ1) is 60.6. The van der Waals surface area contributed by atoms with Gasteiger partial charge in [0.15, 0.2) is 24.8 Å². The maximum absolute atomic E-state index is 8.12. The number of hydrogen-bond donors (Lipinski definition) is 0. The van der Waals surface area contributed by atoms with Crippen LogP contribution in [0, 0.1) is 27.7 Å². The van der Waals surface area contributed by atoms with Gasteiger partial charge >= 0.3 is 0 Å². The summed E-state index contributed by atoms with van der Waals surface area (Å²) in [6.45, 7) is 20.6. The molecule has 4 aromatic heterocycles. The number of aryl methyl sites for hydroxylation is 10. The molecule has 0 saturated heterocycles. The second kappa shape index (κ2) is 30.5. The lowest BCUT2D eigenvalue weighted by Gasteiger charge is -2.08. The van der Waals surface area contributed by atoms with Crippen molar-refractivity contribution in [2.75, 3.05) is 0 Å². The minimum Gasteiger partial charge on any atom is -0.200 e. The highest BCUT2D eigenvalue weighted by Gasteiger charge is 2.18. The molecule has 12 rings (SSSR count). The van der Waals surface area contributed by atoms with Gasteiger partial charge in [0.25, 0.3) is 0 Å². The van der Waals surface area contributed by atoms with E-state index in [0.717, 1.165) is 23.1 Å². The number of rotatable bonds is 12. The van der Waals surface area contributed by atoms with E-state index in [0.29, 0.717) is 11.5 Å². The summed E-state index contributed by atoms with van der Waals surface area (Å²) in [5, 5.41) is 0. The third kappa shape index (κ3) is 16.2. The van der Waals surface area contributed by atoms with E-state index in [-0.39, 0.29) is 0 Å². The molecule has 4 heteroatoms. The molecule has 90 heavy (non-hydrogen) atoms. The first-order chi connectivity index (χ1) is 44.5. The van der Waals surface area contributed by atoms with Crippen molar-refractivity contribution in [1.29, 1.82) is 0 Å². The molecule has 4 heterocycles. The van der Waals surface area contributed by atoms with Crippen molar-refractivity contribution in [1.82, 2.24) is 0 Å². The average molecular weight is 1180 g/mol. The summed E-state index contributed by atoms with van der Waals surface area (Å²) < 4.78 is 32.5. The van der Waals surface area contributed by atoms with Crippen molar-refractivity contribution in [3.05, 3.63) is 312 Å². The van der Waals surface area contributed by atoms with Gasteiger partial charge in [-0.05, 0) is 168 Å². The van der Waals surface area contributed by atoms with Crippen LogP contribution in [0.15, 0.2) is 267 Å². The van der Waals surface area contributed by atoms with Crippen molar-refractivity contribution >= 4 is 0 Å². The van der Waals surface area contributed by atoms with Crippen LogP contribution in [-0.4, -0.2) is 0 Å². The second-order valence-corrected chi connectivity index (χ2v) is 24.1.